The first-order valence-electron chi connectivity index (χ1n) is 7.07. The van der Waals surface area contributed by atoms with Crippen LogP contribution in [0.1, 0.15) is 30.9 Å². The van der Waals surface area contributed by atoms with Crippen LogP contribution in [-0.4, -0.2) is 41.8 Å². The molecule has 1 heterocycles. The molecule has 0 radical (unpaired) electrons. The molecule has 0 amide bonds. The molecule has 1 N–H and O–H groups in total. The summed E-state index contributed by atoms with van der Waals surface area (Å²) >= 11 is 0. The number of hydrogen-bond donors (Lipinski definition) is 1. The molecule has 1 saturated carbocycles. The van der Waals surface area contributed by atoms with E-state index in [1.807, 2.05) is 0 Å². The van der Waals surface area contributed by atoms with E-state index in [1.165, 1.54) is 6.42 Å². The Hall–Kier alpha value is -1.04. The lowest BCUT2D eigenvalue weighted by Gasteiger charge is -2.48. The molecule has 1 unspecified atom stereocenters. The van der Waals surface area contributed by atoms with Gasteiger partial charge in [-0.1, -0.05) is 0 Å². The molecular weight excluding hydrogens is 264 g/mol. The van der Waals surface area contributed by atoms with Crippen LogP contribution >= 0.6 is 0 Å². The molecule has 1 aromatic rings. The standard InChI is InChI=1S/C15H19F2NO2/c16-11-2-3-13(17)12(8-11)14(19)9-18-6-7-20-15(10-18)4-1-5-15/h2-3,8,14,19H,1,4-7,9-10H2. The van der Waals surface area contributed by atoms with Crippen molar-refractivity contribution in [3.05, 3.63) is 35.4 Å². The fourth-order valence-electron chi connectivity index (χ4n) is 3.07. The number of nitrogens with zero attached hydrogens (tertiary/aromatic N) is 1. The highest BCUT2D eigenvalue weighted by Crippen LogP contribution is 2.38. The third kappa shape index (κ3) is 2.71. The summed E-state index contributed by atoms with van der Waals surface area (Å²) in [5, 5.41) is 10.1. The van der Waals surface area contributed by atoms with Crippen molar-refractivity contribution in [1.82, 2.24) is 4.90 Å². The van der Waals surface area contributed by atoms with Crippen molar-refractivity contribution < 1.29 is 18.6 Å². The van der Waals surface area contributed by atoms with Gasteiger partial charge in [-0.25, -0.2) is 8.78 Å². The quantitative estimate of drug-likeness (QED) is 0.923. The van der Waals surface area contributed by atoms with Gasteiger partial charge in [-0.2, -0.15) is 0 Å². The number of β-amino-alcohol motifs (C(OH)–C–C–N with tert-alkyl or cyclic N) is 1. The monoisotopic (exact) mass is 283 g/mol. The van der Waals surface area contributed by atoms with Gasteiger partial charge in [-0.15, -0.1) is 0 Å². The molecule has 1 aromatic carbocycles. The number of aliphatic hydroxyl groups is 1. The lowest BCUT2D eigenvalue weighted by atomic mass is 9.79. The molecular formula is C15H19F2NO2. The van der Waals surface area contributed by atoms with E-state index in [1.54, 1.807) is 0 Å². The van der Waals surface area contributed by atoms with Gasteiger partial charge in [0.15, 0.2) is 0 Å². The molecule has 3 rings (SSSR count). The van der Waals surface area contributed by atoms with E-state index in [0.717, 1.165) is 44.1 Å². The highest BCUT2D eigenvalue weighted by atomic mass is 19.1. The summed E-state index contributed by atoms with van der Waals surface area (Å²) in [6.45, 7) is 2.43. The Labute approximate surface area is 117 Å². The van der Waals surface area contributed by atoms with E-state index in [2.05, 4.69) is 4.90 Å². The van der Waals surface area contributed by atoms with Gasteiger partial charge in [0.2, 0.25) is 0 Å². The Morgan fingerprint density at radius 2 is 2.15 bits per heavy atom. The van der Waals surface area contributed by atoms with Crippen LogP contribution in [0.4, 0.5) is 8.78 Å². The summed E-state index contributed by atoms with van der Waals surface area (Å²) in [7, 11) is 0. The SMILES string of the molecule is OC(CN1CCOC2(CCC2)C1)c1cc(F)ccc1F. The average Bonchev–Trinajstić information content (AvgIpc) is 2.40. The van der Waals surface area contributed by atoms with Gasteiger partial charge in [-0.3, -0.25) is 4.90 Å². The number of halogens is 2. The minimum absolute atomic E-state index is 0.0270. The summed E-state index contributed by atoms with van der Waals surface area (Å²) in [4.78, 5) is 2.08. The lowest BCUT2D eigenvalue weighted by molar-refractivity contribution is -0.155. The smallest absolute Gasteiger partial charge is 0.129 e. The van der Waals surface area contributed by atoms with Gasteiger partial charge in [0, 0.05) is 25.2 Å². The molecule has 1 saturated heterocycles. The zero-order valence-electron chi connectivity index (χ0n) is 11.3. The number of ether oxygens (including phenoxy) is 1. The lowest BCUT2D eigenvalue weighted by Crippen LogP contribution is -2.56. The Bertz CT molecular complexity index is 491. The molecule has 2 fully saturated rings. The van der Waals surface area contributed by atoms with E-state index in [9.17, 15) is 13.9 Å². The molecule has 110 valence electrons. The van der Waals surface area contributed by atoms with E-state index >= 15 is 0 Å². The normalized spacial score (nSPS) is 23.6. The van der Waals surface area contributed by atoms with Crippen LogP contribution in [-0.2, 0) is 4.74 Å². The predicted molar refractivity (Wildman–Crippen MR) is 70.3 cm³/mol. The molecule has 0 aromatic heterocycles. The van der Waals surface area contributed by atoms with E-state index in [-0.39, 0.29) is 11.2 Å². The second-order valence-corrected chi connectivity index (χ2v) is 5.80. The molecule has 5 heteroatoms. The summed E-state index contributed by atoms with van der Waals surface area (Å²) in [5.74, 6) is -1.09. The van der Waals surface area contributed by atoms with Crippen LogP contribution < -0.4 is 0 Å². The van der Waals surface area contributed by atoms with Crippen molar-refractivity contribution in [2.45, 2.75) is 31.0 Å². The van der Waals surface area contributed by atoms with Gasteiger partial charge in [0.25, 0.3) is 0 Å². The van der Waals surface area contributed by atoms with Gasteiger partial charge in [-0.05, 0) is 37.5 Å². The van der Waals surface area contributed by atoms with Crippen molar-refractivity contribution in [2.24, 2.45) is 0 Å². The van der Waals surface area contributed by atoms with Crippen LogP contribution in [0.15, 0.2) is 18.2 Å². The Morgan fingerprint density at radius 3 is 2.85 bits per heavy atom. The van der Waals surface area contributed by atoms with Gasteiger partial charge in [0.1, 0.15) is 11.6 Å². The van der Waals surface area contributed by atoms with Crippen LogP contribution in [0.2, 0.25) is 0 Å². The van der Waals surface area contributed by atoms with Gasteiger partial charge < -0.3 is 9.84 Å². The zero-order chi connectivity index (χ0) is 14.2. The maximum Gasteiger partial charge on any atom is 0.129 e. The number of rotatable bonds is 3. The number of benzene rings is 1. The zero-order valence-corrected chi connectivity index (χ0v) is 11.3. The molecule has 2 aliphatic rings. The second kappa shape index (κ2) is 5.39. The average molecular weight is 283 g/mol. The highest BCUT2D eigenvalue weighted by Gasteiger charge is 2.42. The third-order valence-corrected chi connectivity index (χ3v) is 4.34. The Kier molecular flexibility index (Phi) is 3.75. The van der Waals surface area contributed by atoms with E-state index in [0.29, 0.717) is 13.2 Å². The van der Waals surface area contributed by atoms with Crippen LogP contribution in [0, 0.1) is 11.6 Å². The second-order valence-electron chi connectivity index (χ2n) is 5.80. The fraction of sp³-hybridized carbons (Fsp3) is 0.600. The van der Waals surface area contributed by atoms with Crippen molar-refractivity contribution in [2.75, 3.05) is 26.2 Å². The molecule has 0 bridgehead atoms. The summed E-state index contributed by atoms with van der Waals surface area (Å²) in [6, 6.07) is 3.18. The number of hydrogen-bond acceptors (Lipinski definition) is 3. The summed E-state index contributed by atoms with van der Waals surface area (Å²) in [5.41, 5.74) is -0.0301. The minimum atomic E-state index is -1.01. The molecule has 20 heavy (non-hydrogen) atoms. The van der Waals surface area contributed by atoms with Crippen molar-refractivity contribution >= 4 is 0 Å². The maximum atomic E-state index is 13.6. The third-order valence-electron chi connectivity index (χ3n) is 4.34. The number of morpholine rings is 1. The van der Waals surface area contributed by atoms with Crippen LogP contribution in [0.3, 0.4) is 0 Å². The fourth-order valence-corrected chi connectivity index (χ4v) is 3.07. The predicted octanol–water partition coefficient (Wildman–Crippen LogP) is 2.25. The summed E-state index contributed by atoms with van der Waals surface area (Å²) < 4.78 is 32.6. The van der Waals surface area contributed by atoms with Crippen molar-refractivity contribution in [3.8, 4) is 0 Å². The van der Waals surface area contributed by atoms with Gasteiger partial charge >= 0.3 is 0 Å². The molecule has 1 atom stereocenters. The topological polar surface area (TPSA) is 32.7 Å². The molecule has 1 spiro atoms. The number of aliphatic hydroxyl groups excluding tert-OH is 1. The first-order valence-corrected chi connectivity index (χ1v) is 7.07. The Morgan fingerprint density at radius 1 is 1.35 bits per heavy atom. The maximum absolute atomic E-state index is 13.6. The summed E-state index contributed by atoms with van der Waals surface area (Å²) in [6.07, 6.45) is 2.26. The van der Waals surface area contributed by atoms with E-state index < -0.39 is 17.7 Å². The van der Waals surface area contributed by atoms with Crippen molar-refractivity contribution in [1.29, 1.82) is 0 Å². The minimum Gasteiger partial charge on any atom is -0.387 e. The van der Waals surface area contributed by atoms with E-state index in [4.69, 9.17) is 4.74 Å². The Balaban J connectivity index is 1.66. The molecule has 1 aliphatic heterocycles. The van der Waals surface area contributed by atoms with Gasteiger partial charge in [0.05, 0.1) is 18.3 Å². The molecule has 1 aliphatic carbocycles. The van der Waals surface area contributed by atoms with Crippen LogP contribution in [0.5, 0.6) is 0 Å². The highest BCUT2D eigenvalue weighted by molar-refractivity contribution is 5.21. The largest absolute Gasteiger partial charge is 0.387 e. The van der Waals surface area contributed by atoms with Crippen molar-refractivity contribution in [3.63, 3.8) is 0 Å². The van der Waals surface area contributed by atoms with Crippen LogP contribution in [0.25, 0.3) is 0 Å². The first-order chi connectivity index (χ1) is 9.58. The molecule has 3 nitrogen and oxygen atoms in total. The first kappa shape index (κ1) is 13.9.